The molecule has 1 aromatic carbocycles. The molecule has 1 aliphatic rings. The molecule has 0 saturated heterocycles. The van der Waals surface area contributed by atoms with E-state index in [4.69, 9.17) is 10.5 Å². The van der Waals surface area contributed by atoms with E-state index in [0.717, 1.165) is 17.5 Å². The molecule has 2 nitrogen and oxygen atoms in total. The van der Waals surface area contributed by atoms with Gasteiger partial charge in [0.15, 0.2) is 0 Å². The standard InChI is InChI=1S/C10H12BrNO/c11-8-2-1-7-3-4-13-10(6-12)9(7)5-8/h1-2,5,10H,3-4,6,12H2. The van der Waals surface area contributed by atoms with E-state index in [1.807, 2.05) is 0 Å². The number of hydrogen-bond acceptors (Lipinski definition) is 2. The smallest absolute Gasteiger partial charge is 0.0950 e. The predicted molar refractivity (Wildman–Crippen MR) is 55.6 cm³/mol. The van der Waals surface area contributed by atoms with Gasteiger partial charge in [-0.2, -0.15) is 0 Å². The molecule has 1 unspecified atom stereocenters. The van der Waals surface area contributed by atoms with Crippen molar-refractivity contribution in [3.05, 3.63) is 33.8 Å². The molecule has 0 spiro atoms. The van der Waals surface area contributed by atoms with Crippen LogP contribution in [-0.4, -0.2) is 13.2 Å². The maximum absolute atomic E-state index is 5.63. The van der Waals surface area contributed by atoms with Gasteiger partial charge in [-0.15, -0.1) is 0 Å². The minimum Gasteiger partial charge on any atom is -0.372 e. The molecule has 0 aliphatic carbocycles. The van der Waals surface area contributed by atoms with Crippen LogP contribution in [0.15, 0.2) is 22.7 Å². The number of hydrogen-bond donors (Lipinski definition) is 1. The van der Waals surface area contributed by atoms with Crippen LogP contribution in [0.25, 0.3) is 0 Å². The summed E-state index contributed by atoms with van der Waals surface area (Å²) < 4.78 is 6.66. The molecular weight excluding hydrogens is 230 g/mol. The Bertz CT molecular complexity index is 314. The van der Waals surface area contributed by atoms with E-state index in [1.165, 1.54) is 11.1 Å². The molecule has 0 saturated carbocycles. The second-order valence-corrected chi connectivity index (χ2v) is 4.10. The topological polar surface area (TPSA) is 35.2 Å². The molecule has 70 valence electrons. The highest BCUT2D eigenvalue weighted by atomic mass is 79.9. The van der Waals surface area contributed by atoms with Crippen molar-refractivity contribution in [2.45, 2.75) is 12.5 Å². The minimum atomic E-state index is 0.0845. The van der Waals surface area contributed by atoms with Crippen molar-refractivity contribution in [3.63, 3.8) is 0 Å². The summed E-state index contributed by atoms with van der Waals surface area (Å²) >= 11 is 3.45. The van der Waals surface area contributed by atoms with Gasteiger partial charge in [0.2, 0.25) is 0 Å². The molecule has 2 rings (SSSR count). The first-order valence-electron chi connectivity index (χ1n) is 4.41. The van der Waals surface area contributed by atoms with Crippen LogP contribution in [0.2, 0.25) is 0 Å². The average Bonchev–Trinajstić information content (AvgIpc) is 2.17. The second kappa shape index (κ2) is 3.78. The molecule has 0 fully saturated rings. The van der Waals surface area contributed by atoms with Crippen LogP contribution in [-0.2, 0) is 11.2 Å². The van der Waals surface area contributed by atoms with Crippen LogP contribution in [0.5, 0.6) is 0 Å². The lowest BCUT2D eigenvalue weighted by molar-refractivity contribution is 0.0484. The van der Waals surface area contributed by atoms with Crippen molar-refractivity contribution in [1.82, 2.24) is 0 Å². The fourth-order valence-corrected chi connectivity index (χ4v) is 2.07. The molecule has 1 aromatic rings. The van der Waals surface area contributed by atoms with E-state index in [0.29, 0.717) is 6.54 Å². The third-order valence-electron chi connectivity index (χ3n) is 2.36. The Morgan fingerprint density at radius 3 is 3.15 bits per heavy atom. The Hall–Kier alpha value is -0.380. The van der Waals surface area contributed by atoms with Crippen molar-refractivity contribution in [2.75, 3.05) is 13.2 Å². The Balaban J connectivity index is 2.41. The number of fused-ring (bicyclic) bond motifs is 1. The van der Waals surface area contributed by atoms with E-state index in [1.54, 1.807) is 0 Å². The Morgan fingerprint density at radius 2 is 2.38 bits per heavy atom. The van der Waals surface area contributed by atoms with Gasteiger partial charge in [-0.25, -0.2) is 0 Å². The Morgan fingerprint density at radius 1 is 1.54 bits per heavy atom. The molecule has 0 bridgehead atoms. The fraction of sp³-hybridized carbons (Fsp3) is 0.400. The van der Waals surface area contributed by atoms with Gasteiger partial charge in [-0.05, 0) is 29.7 Å². The zero-order valence-corrected chi connectivity index (χ0v) is 8.88. The molecule has 1 atom stereocenters. The van der Waals surface area contributed by atoms with Crippen LogP contribution in [0, 0.1) is 0 Å². The van der Waals surface area contributed by atoms with Gasteiger partial charge in [0.25, 0.3) is 0 Å². The van der Waals surface area contributed by atoms with E-state index in [9.17, 15) is 0 Å². The molecule has 13 heavy (non-hydrogen) atoms. The molecule has 0 aromatic heterocycles. The van der Waals surface area contributed by atoms with Gasteiger partial charge >= 0.3 is 0 Å². The highest BCUT2D eigenvalue weighted by Gasteiger charge is 2.19. The van der Waals surface area contributed by atoms with E-state index < -0.39 is 0 Å². The fourth-order valence-electron chi connectivity index (χ4n) is 1.69. The lowest BCUT2D eigenvalue weighted by Crippen LogP contribution is -2.22. The maximum atomic E-state index is 5.63. The number of rotatable bonds is 1. The largest absolute Gasteiger partial charge is 0.372 e. The summed E-state index contributed by atoms with van der Waals surface area (Å²) in [5.74, 6) is 0. The van der Waals surface area contributed by atoms with E-state index >= 15 is 0 Å². The lowest BCUT2D eigenvalue weighted by Gasteiger charge is -2.25. The lowest BCUT2D eigenvalue weighted by atomic mass is 9.98. The number of benzene rings is 1. The normalized spacial score (nSPS) is 21.2. The third kappa shape index (κ3) is 1.77. The average molecular weight is 242 g/mol. The van der Waals surface area contributed by atoms with E-state index in [-0.39, 0.29) is 6.10 Å². The molecule has 3 heteroatoms. The van der Waals surface area contributed by atoms with Gasteiger partial charge in [-0.1, -0.05) is 22.0 Å². The van der Waals surface area contributed by atoms with Crippen LogP contribution < -0.4 is 5.73 Å². The number of nitrogens with two attached hydrogens (primary N) is 1. The van der Waals surface area contributed by atoms with Gasteiger partial charge in [0.05, 0.1) is 12.7 Å². The van der Waals surface area contributed by atoms with Gasteiger partial charge in [-0.3, -0.25) is 0 Å². The number of halogens is 1. The molecule has 1 heterocycles. The second-order valence-electron chi connectivity index (χ2n) is 3.19. The summed E-state index contributed by atoms with van der Waals surface area (Å²) in [7, 11) is 0. The highest BCUT2D eigenvalue weighted by molar-refractivity contribution is 9.10. The van der Waals surface area contributed by atoms with Crippen molar-refractivity contribution >= 4 is 15.9 Å². The summed E-state index contributed by atoms with van der Waals surface area (Å²) in [6.45, 7) is 1.35. The van der Waals surface area contributed by atoms with E-state index in [2.05, 4.69) is 34.1 Å². The maximum Gasteiger partial charge on any atom is 0.0950 e. The highest BCUT2D eigenvalue weighted by Crippen LogP contribution is 2.28. The van der Waals surface area contributed by atoms with Crippen molar-refractivity contribution in [2.24, 2.45) is 5.73 Å². The van der Waals surface area contributed by atoms with Gasteiger partial charge in [0, 0.05) is 11.0 Å². The third-order valence-corrected chi connectivity index (χ3v) is 2.85. The summed E-state index contributed by atoms with van der Waals surface area (Å²) in [5.41, 5.74) is 8.23. The summed E-state index contributed by atoms with van der Waals surface area (Å²) in [6.07, 6.45) is 1.08. The zero-order valence-electron chi connectivity index (χ0n) is 7.29. The summed E-state index contributed by atoms with van der Waals surface area (Å²) in [6, 6.07) is 6.31. The molecule has 1 aliphatic heterocycles. The van der Waals surface area contributed by atoms with Crippen LogP contribution >= 0.6 is 15.9 Å². The predicted octanol–water partition coefficient (Wildman–Crippen LogP) is 2.02. The summed E-state index contributed by atoms with van der Waals surface area (Å²) in [4.78, 5) is 0. The van der Waals surface area contributed by atoms with Crippen molar-refractivity contribution < 1.29 is 4.74 Å². The zero-order chi connectivity index (χ0) is 9.26. The van der Waals surface area contributed by atoms with Crippen LogP contribution in [0.3, 0.4) is 0 Å². The van der Waals surface area contributed by atoms with Crippen LogP contribution in [0.4, 0.5) is 0 Å². The monoisotopic (exact) mass is 241 g/mol. The molecular formula is C10H12BrNO. The van der Waals surface area contributed by atoms with Crippen molar-refractivity contribution in [3.8, 4) is 0 Å². The Labute approximate surface area is 86.2 Å². The Kier molecular flexibility index (Phi) is 2.67. The van der Waals surface area contributed by atoms with Crippen molar-refractivity contribution in [1.29, 1.82) is 0 Å². The first kappa shape index (κ1) is 9.19. The first-order chi connectivity index (χ1) is 6.31. The minimum absolute atomic E-state index is 0.0845. The summed E-state index contributed by atoms with van der Waals surface area (Å²) in [5, 5.41) is 0. The van der Waals surface area contributed by atoms with Crippen LogP contribution in [0.1, 0.15) is 17.2 Å². The molecule has 0 radical (unpaired) electrons. The van der Waals surface area contributed by atoms with Gasteiger partial charge in [0.1, 0.15) is 0 Å². The SMILES string of the molecule is NCC1OCCc2ccc(Br)cc21. The molecule has 2 N–H and O–H groups in total. The first-order valence-corrected chi connectivity index (χ1v) is 5.20. The number of ether oxygens (including phenoxy) is 1. The van der Waals surface area contributed by atoms with Gasteiger partial charge < -0.3 is 10.5 Å². The molecule has 0 amide bonds. The quantitative estimate of drug-likeness (QED) is 0.817.